The predicted molar refractivity (Wildman–Crippen MR) is 89.7 cm³/mol. The van der Waals surface area contributed by atoms with Crippen molar-refractivity contribution in [2.24, 2.45) is 5.73 Å². The molecule has 6 heteroatoms. The summed E-state index contributed by atoms with van der Waals surface area (Å²) in [6, 6.07) is 8.24. The van der Waals surface area contributed by atoms with Gasteiger partial charge in [-0.2, -0.15) is 0 Å². The summed E-state index contributed by atoms with van der Waals surface area (Å²) < 4.78 is 0. The molecule has 2 aliphatic rings. The van der Waals surface area contributed by atoms with Crippen molar-refractivity contribution in [1.29, 1.82) is 0 Å². The summed E-state index contributed by atoms with van der Waals surface area (Å²) in [5.74, 6) is 1.15. The minimum Gasteiger partial charge on any atom is -0.392 e. The Morgan fingerprint density at radius 3 is 2.71 bits per heavy atom. The number of rotatable bonds is 3. The fourth-order valence-corrected chi connectivity index (χ4v) is 4.34. The Labute approximate surface area is 134 Å². The first-order valence-corrected chi connectivity index (χ1v) is 8.55. The van der Waals surface area contributed by atoms with E-state index < -0.39 is 0 Å². The molecule has 1 fully saturated rings. The van der Waals surface area contributed by atoms with Crippen LogP contribution in [0.1, 0.15) is 11.5 Å². The second-order valence-corrected chi connectivity index (χ2v) is 7.06. The minimum absolute atomic E-state index is 0.0216. The fraction of sp³-hybridized carbons (Fsp3) is 0.467. The maximum atomic E-state index is 12.7. The topological polar surface area (TPSA) is 49.6 Å². The zero-order valence-corrected chi connectivity index (χ0v) is 13.5. The number of hydrogen-bond donors (Lipinski definition) is 1. The first-order chi connectivity index (χ1) is 10.1. The molecule has 2 aliphatic heterocycles. The van der Waals surface area contributed by atoms with Crippen molar-refractivity contribution in [3.63, 3.8) is 0 Å². The van der Waals surface area contributed by atoms with Crippen LogP contribution in [0, 0.1) is 0 Å². The Morgan fingerprint density at radius 1 is 1.29 bits per heavy atom. The van der Waals surface area contributed by atoms with Gasteiger partial charge in [0.15, 0.2) is 0 Å². The normalized spacial score (nSPS) is 22.1. The number of thioether (sulfide) groups is 1. The SMILES string of the molecule is NC(=S)CN1CCN(C(=O)C2CSc3ccccc32)CC1. The summed E-state index contributed by atoms with van der Waals surface area (Å²) in [7, 11) is 0. The quantitative estimate of drug-likeness (QED) is 0.851. The molecule has 21 heavy (non-hydrogen) atoms. The van der Waals surface area contributed by atoms with E-state index in [1.165, 1.54) is 10.5 Å². The van der Waals surface area contributed by atoms with Gasteiger partial charge in [0.25, 0.3) is 0 Å². The molecule has 0 bridgehead atoms. The van der Waals surface area contributed by atoms with E-state index in [1.54, 1.807) is 11.8 Å². The van der Waals surface area contributed by atoms with Crippen LogP contribution >= 0.6 is 24.0 Å². The highest BCUT2D eigenvalue weighted by Crippen LogP contribution is 2.40. The predicted octanol–water partition coefficient (Wildman–Crippen LogP) is 1.31. The molecule has 1 unspecified atom stereocenters. The molecule has 2 heterocycles. The third kappa shape index (κ3) is 3.22. The number of amides is 1. The van der Waals surface area contributed by atoms with E-state index in [9.17, 15) is 4.79 Å². The van der Waals surface area contributed by atoms with E-state index in [-0.39, 0.29) is 11.8 Å². The lowest BCUT2D eigenvalue weighted by molar-refractivity contribution is -0.133. The highest BCUT2D eigenvalue weighted by Gasteiger charge is 2.33. The number of benzene rings is 1. The number of carbonyl (C=O) groups is 1. The third-order valence-corrected chi connectivity index (χ3v) is 5.37. The number of thiocarbonyl (C=S) groups is 1. The molecular formula is C15H19N3OS2. The molecule has 0 spiro atoms. The van der Waals surface area contributed by atoms with Gasteiger partial charge in [-0.05, 0) is 11.6 Å². The monoisotopic (exact) mass is 321 g/mol. The van der Waals surface area contributed by atoms with Crippen LogP contribution in [0.4, 0.5) is 0 Å². The van der Waals surface area contributed by atoms with Gasteiger partial charge in [-0.15, -0.1) is 11.8 Å². The van der Waals surface area contributed by atoms with Gasteiger partial charge in [-0.1, -0.05) is 30.4 Å². The molecule has 1 saturated heterocycles. The average Bonchev–Trinajstić information content (AvgIpc) is 2.90. The van der Waals surface area contributed by atoms with Gasteiger partial charge in [0, 0.05) is 43.4 Å². The first kappa shape index (κ1) is 14.8. The van der Waals surface area contributed by atoms with E-state index in [2.05, 4.69) is 17.0 Å². The van der Waals surface area contributed by atoms with Gasteiger partial charge in [0.1, 0.15) is 0 Å². The van der Waals surface area contributed by atoms with Crippen molar-refractivity contribution < 1.29 is 4.79 Å². The molecule has 0 aliphatic carbocycles. The highest BCUT2D eigenvalue weighted by molar-refractivity contribution is 7.99. The zero-order valence-electron chi connectivity index (χ0n) is 11.8. The average molecular weight is 321 g/mol. The summed E-state index contributed by atoms with van der Waals surface area (Å²) in [4.78, 5) is 18.7. The Hall–Kier alpha value is -1.11. The Balaban J connectivity index is 1.62. The Bertz CT molecular complexity index is 556. The minimum atomic E-state index is 0.0216. The molecule has 1 aromatic carbocycles. The van der Waals surface area contributed by atoms with Crippen LogP contribution in [0.2, 0.25) is 0 Å². The molecule has 1 aromatic rings. The number of fused-ring (bicyclic) bond motifs is 1. The number of nitrogens with zero attached hydrogens (tertiary/aromatic N) is 2. The Morgan fingerprint density at radius 2 is 2.00 bits per heavy atom. The van der Waals surface area contributed by atoms with Gasteiger partial charge in [0.2, 0.25) is 5.91 Å². The van der Waals surface area contributed by atoms with Crippen molar-refractivity contribution >= 4 is 34.9 Å². The molecule has 1 atom stereocenters. The van der Waals surface area contributed by atoms with Gasteiger partial charge in [0.05, 0.1) is 10.9 Å². The van der Waals surface area contributed by atoms with Crippen LogP contribution in [0.3, 0.4) is 0 Å². The van der Waals surface area contributed by atoms with E-state index in [1.807, 2.05) is 17.0 Å². The fourth-order valence-electron chi connectivity index (χ4n) is 2.93. The highest BCUT2D eigenvalue weighted by atomic mass is 32.2. The van der Waals surface area contributed by atoms with E-state index in [0.29, 0.717) is 11.5 Å². The molecule has 112 valence electrons. The number of piperazine rings is 1. The van der Waals surface area contributed by atoms with Crippen molar-refractivity contribution in [1.82, 2.24) is 9.80 Å². The maximum Gasteiger partial charge on any atom is 0.231 e. The van der Waals surface area contributed by atoms with Crippen LogP contribution < -0.4 is 5.73 Å². The molecule has 4 nitrogen and oxygen atoms in total. The molecule has 0 saturated carbocycles. The molecule has 0 aromatic heterocycles. The van der Waals surface area contributed by atoms with Crippen LogP contribution in [0.25, 0.3) is 0 Å². The van der Waals surface area contributed by atoms with Crippen LogP contribution in [0.5, 0.6) is 0 Å². The second kappa shape index (κ2) is 6.34. The van der Waals surface area contributed by atoms with Crippen molar-refractivity contribution in [2.75, 3.05) is 38.5 Å². The van der Waals surface area contributed by atoms with Gasteiger partial charge in [-0.3, -0.25) is 9.69 Å². The van der Waals surface area contributed by atoms with Crippen molar-refractivity contribution in [3.8, 4) is 0 Å². The number of carbonyl (C=O) groups excluding carboxylic acids is 1. The molecule has 3 rings (SSSR count). The van der Waals surface area contributed by atoms with Gasteiger partial charge >= 0.3 is 0 Å². The van der Waals surface area contributed by atoms with Crippen molar-refractivity contribution in [2.45, 2.75) is 10.8 Å². The molecule has 2 N–H and O–H groups in total. The first-order valence-electron chi connectivity index (χ1n) is 7.16. The van der Waals surface area contributed by atoms with Gasteiger partial charge in [-0.25, -0.2) is 0 Å². The second-order valence-electron chi connectivity index (χ2n) is 5.47. The van der Waals surface area contributed by atoms with E-state index in [4.69, 9.17) is 18.0 Å². The lowest BCUT2D eigenvalue weighted by Gasteiger charge is -2.35. The lowest BCUT2D eigenvalue weighted by atomic mass is 9.99. The van der Waals surface area contributed by atoms with E-state index in [0.717, 1.165) is 31.9 Å². The van der Waals surface area contributed by atoms with Gasteiger partial charge < -0.3 is 10.6 Å². The third-order valence-electron chi connectivity index (χ3n) is 4.06. The summed E-state index contributed by atoms with van der Waals surface area (Å²) >= 11 is 6.73. The molecule has 0 radical (unpaired) electrons. The van der Waals surface area contributed by atoms with Crippen LogP contribution in [0.15, 0.2) is 29.2 Å². The zero-order chi connectivity index (χ0) is 14.8. The summed E-state index contributed by atoms with van der Waals surface area (Å²) in [5, 5.41) is 0. The molecule has 1 amide bonds. The largest absolute Gasteiger partial charge is 0.392 e. The Kier molecular flexibility index (Phi) is 4.47. The van der Waals surface area contributed by atoms with Crippen LogP contribution in [-0.2, 0) is 4.79 Å². The summed E-state index contributed by atoms with van der Waals surface area (Å²) in [6.45, 7) is 3.89. The van der Waals surface area contributed by atoms with E-state index >= 15 is 0 Å². The molecular weight excluding hydrogens is 302 g/mol. The summed E-state index contributed by atoms with van der Waals surface area (Å²) in [6.07, 6.45) is 0. The maximum absolute atomic E-state index is 12.7. The standard InChI is InChI=1S/C15H19N3OS2/c16-14(20)9-17-5-7-18(8-6-17)15(19)12-10-21-13-4-2-1-3-11(12)13/h1-4,12H,5-10H2,(H2,16,20). The van der Waals surface area contributed by atoms with Crippen LogP contribution in [-0.4, -0.2) is 59.2 Å². The number of hydrogen-bond acceptors (Lipinski definition) is 4. The van der Waals surface area contributed by atoms with Crippen molar-refractivity contribution in [3.05, 3.63) is 29.8 Å². The lowest BCUT2D eigenvalue weighted by Crippen LogP contribution is -2.51. The number of nitrogens with two attached hydrogens (primary N) is 1. The smallest absolute Gasteiger partial charge is 0.231 e. The summed E-state index contributed by atoms with van der Waals surface area (Å²) in [5.41, 5.74) is 6.77.